The molecule has 0 saturated heterocycles. The lowest BCUT2D eigenvalue weighted by molar-refractivity contribution is -0.129. The number of rotatable bonds is 6. The van der Waals surface area contributed by atoms with Crippen molar-refractivity contribution < 1.29 is 19.0 Å². The van der Waals surface area contributed by atoms with E-state index in [1.54, 1.807) is 25.3 Å². The fraction of sp³-hybridized carbons (Fsp3) is 0.120. The molecule has 0 bridgehead atoms. The van der Waals surface area contributed by atoms with Crippen LogP contribution in [0, 0.1) is 6.92 Å². The van der Waals surface area contributed by atoms with Crippen molar-refractivity contribution in [2.45, 2.75) is 13.5 Å². The molecule has 0 aromatic heterocycles. The first-order chi connectivity index (χ1) is 15.0. The van der Waals surface area contributed by atoms with Crippen LogP contribution < -0.4 is 9.47 Å². The maximum absolute atomic E-state index is 12.3. The zero-order valence-corrected chi connectivity index (χ0v) is 17.8. The Kier molecular flexibility index (Phi) is 6.05. The Morgan fingerprint density at radius 3 is 2.58 bits per heavy atom. The number of benzene rings is 3. The highest BCUT2D eigenvalue weighted by Crippen LogP contribution is 2.30. The van der Waals surface area contributed by atoms with Crippen molar-refractivity contribution in [3.8, 4) is 11.5 Å². The summed E-state index contributed by atoms with van der Waals surface area (Å²) in [7, 11) is 1.57. The van der Waals surface area contributed by atoms with Crippen molar-refractivity contribution in [2.24, 2.45) is 4.99 Å². The zero-order valence-electron chi connectivity index (χ0n) is 17.1. The number of carbonyl (C=O) groups is 1. The number of hydrogen-bond donors (Lipinski definition) is 0. The van der Waals surface area contributed by atoms with Crippen molar-refractivity contribution in [1.29, 1.82) is 0 Å². The van der Waals surface area contributed by atoms with Gasteiger partial charge in [0.05, 0.1) is 7.11 Å². The van der Waals surface area contributed by atoms with Gasteiger partial charge in [-0.1, -0.05) is 47.5 Å². The first-order valence-corrected chi connectivity index (χ1v) is 10.0. The molecule has 0 N–H and O–H groups in total. The summed E-state index contributed by atoms with van der Waals surface area (Å²) in [4.78, 5) is 16.6. The van der Waals surface area contributed by atoms with E-state index in [1.165, 1.54) is 0 Å². The van der Waals surface area contributed by atoms with E-state index in [0.717, 1.165) is 22.3 Å². The van der Waals surface area contributed by atoms with Gasteiger partial charge in [0.1, 0.15) is 6.61 Å². The molecule has 3 aromatic carbocycles. The van der Waals surface area contributed by atoms with Gasteiger partial charge < -0.3 is 14.2 Å². The lowest BCUT2D eigenvalue weighted by Crippen LogP contribution is -2.05. The molecule has 1 aliphatic rings. The summed E-state index contributed by atoms with van der Waals surface area (Å²) < 4.78 is 16.7. The third-order valence-corrected chi connectivity index (χ3v) is 4.93. The molecule has 1 heterocycles. The Morgan fingerprint density at radius 2 is 1.84 bits per heavy atom. The number of ether oxygens (including phenoxy) is 3. The number of esters is 1. The molecular formula is C25H20ClNO4. The minimum Gasteiger partial charge on any atom is -0.493 e. The number of methoxy groups -OCH3 is 1. The van der Waals surface area contributed by atoms with Crippen molar-refractivity contribution in [3.05, 3.63) is 99.7 Å². The van der Waals surface area contributed by atoms with Crippen LogP contribution in [0.4, 0.5) is 0 Å². The molecule has 5 nitrogen and oxygen atoms in total. The molecule has 0 saturated carbocycles. The molecule has 0 unspecified atom stereocenters. The number of aryl methyl sites for hydroxylation is 1. The van der Waals surface area contributed by atoms with Gasteiger partial charge in [0.25, 0.3) is 0 Å². The lowest BCUT2D eigenvalue weighted by Gasteiger charge is -2.11. The zero-order chi connectivity index (χ0) is 21.8. The highest BCUT2D eigenvalue weighted by molar-refractivity contribution is 6.30. The molecule has 3 aromatic rings. The summed E-state index contributed by atoms with van der Waals surface area (Å²) in [5.74, 6) is 0.938. The Hall–Kier alpha value is -3.57. The Bertz CT molecular complexity index is 1180. The fourth-order valence-electron chi connectivity index (χ4n) is 3.07. The van der Waals surface area contributed by atoms with Gasteiger partial charge in [0.2, 0.25) is 5.90 Å². The molecular weight excluding hydrogens is 414 g/mol. The summed E-state index contributed by atoms with van der Waals surface area (Å²) in [5, 5.41) is 0.657. The topological polar surface area (TPSA) is 57.1 Å². The van der Waals surface area contributed by atoms with Crippen LogP contribution in [0.25, 0.3) is 6.08 Å². The smallest absolute Gasteiger partial charge is 0.363 e. The summed E-state index contributed by atoms with van der Waals surface area (Å²) in [6, 6.07) is 20.5. The first-order valence-electron chi connectivity index (χ1n) is 9.67. The Morgan fingerprint density at radius 1 is 1.03 bits per heavy atom. The van der Waals surface area contributed by atoms with Crippen LogP contribution >= 0.6 is 11.6 Å². The molecule has 156 valence electrons. The quantitative estimate of drug-likeness (QED) is 0.376. The number of nitrogens with zero attached hydrogens (tertiary/aromatic N) is 1. The number of aliphatic imine (C=N–C) groups is 1. The maximum Gasteiger partial charge on any atom is 0.363 e. The first kappa shape index (κ1) is 20.7. The van der Waals surface area contributed by atoms with Crippen molar-refractivity contribution >= 4 is 29.5 Å². The van der Waals surface area contributed by atoms with Crippen molar-refractivity contribution in [3.63, 3.8) is 0 Å². The van der Waals surface area contributed by atoms with E-state index in [4.69, 9.17) is 25.8 Å². The van der Waals surface area contributed by atoms with Crippen LogP contribution in [-0.4, -0.2) is 19.0 Å². The Balaban J connectivity index is 1.53. The third-order valence-electron chi connectivity index (χ3n) is 4.69. The fourth-order valence-corrected chi connectivity index (χ4v) is 3.28. The molecule has 0 fully saturated rings. The lowest BCUT2D eigenvalue weighted by atomic mass is 10.1. The van der Waals surface area contributed by atoms with Crippen LogP contribution in [0.2, 0.25) is 5.02 Å². The summed E-state index contributed by atoms with van der Waals surface area (Å²) >= 11 is 6.02. The van der Waals surface area contributed by atoms with E-state index in [-0.39, 0.29) is 5.70 Å². The van der Waals surface area contributed by atoms with E-state index in [0.29, 0.717) is 29.0 Å². The van der Waals surface area contributed by atoms with Crippen LogP contribution in [0.3, 0.4) is 0 Å². The molecule has 0 spiro atoms. The highest BCUT2D eigenvalue weighted by Gasteiger charge is 2.24. The second-order valence-corrected chi connectivity index (χ2v) is 7.47. The molecule has 0 amide bonds. The SMILES string of the molecule is COc1cc(/C=C2\N=C(c3ccc(C)cc3)OC2=O)ccc1OCc1cccc(Cl)c1. The second-order valence-electron chi connectivity index (χ2n) is 7.03. The number of cyclic esters (lactones) is 1. The van der Waals surface area contributed by atoms with Crippen LogP contribution in [0.1, 0.15) is 22.3 Å². The van der Waals surface area contributed by atoms with Gasteiger partial charge in [-0.05, 0) is 60.5 Å². The summed E-state index contributed by atoms with van der Waals surface area (Å²) in [6.45, 7) is 2.35. The van der Waals surface area contributed by atoms with Gasteiger partial charge in [-0.3, -0.25) is 0 Å². The molecule has 6 heteroatoms. The summed E-state index contributed by atoms with van der Waals surface area (Å²) in [6.07, 6.45) is 1.66. The normalized spacial score (nSPS) is 14.4. The Labute approximate surface area is 185 Å². The summed E-state index contributed by atoms with van der Waals surface area (Å²) in [5.41, 5.74) is 3.80. The van der Waals surface area contributed by atoms with E-state index < -0.39 is 5.97 Å². The third kappa shape index (κ3) is 4.95. The molecule has 0 atom stereocenters. The average molecular weight is 434 g/mol. The number of halogens is 1. The monoisotopic (exact) mass is 433 g/mol. The van der Waals surface area contributed by atoms with Crippen LogP contribution in [0.5, 0.6) is 11.5 Å². The highest BCUT2D eigenvalue weighted by atomic mass is 35.5. The predicted molar refractivity (Wildman–Crippen MR) is 121 cm³/mol. The second kappa shape index (κ2) is 9.06. The van der Waals surface area contributed by atoms with E-state index in [2.05, 4.69) is 4.99 Å². The average Bonchev–Trinajstić information content (AvgIpc) is 3.13. The maximum atomic E-state index is 12.3. The number of carbonyl (C=O) groups excluding carboxylic acids is 1. The molecule has 0 radical (unpaired) electrons. The van der Waals surface area contributed by atoms with Crippen molar-refractivity contribution in [1.82, 2.24) is 0 Å². The molecule has 1 aliphatic heterocycles. The predicted octanol–water partition coefficient (Wildman–Crippen LogP) is 5.58. The van der Waals surface area contributed by atoms with Gasteiger partial charge in [0.15, 0.2) is 17.2 Å². The van der Waals surface area contributed by atoms with Crippen LogP contribution in [-0.2, 0) is 16.1 Å². The van der Waals surface area contributed by atoms with Gasteiger partial charge in [-0.15, -0.1) is 0 Å². The molecule has 31 heavy (non-hydrogen) atoms. The van der Waals surface area contributed by atoms with Gasteiger partial charge in [-0.25, -0.2) is 9.79 Å². The van der Waals surface area contributed by atoms with Gasteiger partial charge >= 0.3 is 5.97 Å². The van der Waals surface area contributed by atoms with E-state index in [9.17, 15) is 4.79 Å². The standard InChI is InChI=1S/C25H20ClNO4/c1-16-6-9-19(10-7-16)24-27-21(25(28)31-24)13-17-8-11-22(23(14-17)29-2)30-15-18-4-3-5-20(26)12-18/h3-14H,15H2,1-2H3/b21-13-. The van der Waals surface area contributed by atoms with Gasteiger partial charge in [-0.2, -0.15) is 0 Å². The van der Waals surface area contributed by atoms with Crippen LogP contribution in [0.15, 0.2) is 77.4 Å². The van der Waals surface area contributed by atoms with E-state index in [1.807, 2.05) is 61.5 Å². The largest absolute Gasteiger partial charge is 0.493 e. The minimum atomic E-state index is -0.490. The van der Waals surface area contributed by atoms with Crippen molar-refractivity contribution in [2.75, 3.05) is 7.11 Å². The molecule has 0 aliphatic carbocycles. The molecule has 4 rings (SSSR count). The van der Waals surface area contributed by atoms with Gasteiger partial charge in [0, 0.05) is 10.6 Å². The van der Waals surface area contributed by atoms with E-state index >= 15 is 0 Å². The number of hydrogen-bond acceptors (Lipinski definition) is 5. The minimum absolute atomic E-state index is 0.227.